The maximum Gasteiger partial charge on any atom is 0.337 e. The van der Waals surface area contributed by atoms with Crippen molar-refractivity contribution in [2.45, 2.75) is 13.1 Å². The lowest BCUT2D eigenvalue weighted by Gasteiger charge is -2.20. The second-order valence-corrected chi connectivity index (χ2v) is 11.9. The molecule has 0 atom stereocenters. The van der Waals surface area contributed by atoms with Crippen LogP contribution in [0.4, 0.5) is 14.5 Å². The summed E-state index contributed by atoms with van der Waals surface area (Å²) in [5.41, 5.74) is 2.40. The van der Waals surface area contributed by atoms with Gasteiger partial charge in [0.05, 0.1) is 24.2 Å². The number of aromatic nitrogens is 2. The van der Waals surface area contributed by atoms with Gasteiger partial charge < -0.3 is 19.5 Å². The maximum absolute atomic E-state index is 15.0. The predicted octanol–water partition coefficient (Wildman–Crippen LogP) is 4.22. The normalized spacial score (nSPS) is 12.1. The van der Waals surface area contributed by atoms with E-state index in [4.69, 9.17) is 24.2 Å². The number of nitrogens with one attached hydrogen (secondary N) is 2. The number of anilines is 1. The topological polar surface area (TPSA) is 136 Å². The number of carbonyl (C=O) groups excluding carboxylic acids is 1. The molecule has 1 amide bonds. The van der Waals surface area contributed by atoms with Crippen molar-refractivity contribution < 1.29 is 33.0 Å². The zero-order chi connectivity index (χ0) is 35.1. The molecule has 3 heterocycles. The van der Waals surface area contributed by atoms with Gasteiger partial charge in [0.2, 0.25) is 6.41 Å². The Labute approximate surface area is 283 Å². The summed E-state index contributed by atoms with van der Waals surface area (Å²) in [6, 6.07) is 16.1. The van der Waals surface area contributed by atoms with E-state index >= 15 is 0 Å². The van der Waals surface area contributed by atoms with E-state index < -0.39 is 29.4 Å². The van der Waals surface area contributed by atoms with Gasteiger partial charge in [0.15, 0.2) is 11.5 Å². The molecule has 0 saturated heterocycles. The van der Waals surface area contributed by atoms with Gasteiger partial charge in [-0.05, 0) is 54.6 Å². The van der Waals surface area contributed by atoms with Crippen molar-refractivity contribution in [2.24, 2.45) is 0 Å². The van der Waals surface area contributed by atoms with Gasteiger partial charge in [0.25, 0.3) is 5.56 Å². The standard InChI is InChI=1S/C33H32F2N4O5S.CH3NO2/c1-36-21-9-7-20(8-10-21)30-24(18-37(2)13-14-42-3)29-31(40)39(22-11-12-27-28(17-22)44-16-15-43-27)33(41)38(32(29)45-30)19-23-25(34)5-4-6-26(23)35;3-1-2-4/h4-12,17,36H,13-16,18-19H2,1-3H3;1,4H,(H,2,3). The van der Waals surface area contributed by atoms with Crippen LogP contribution in [0.5, 0.6) is 11.5 Å². The molecule has 3 N–H and O–H groups in total. The highest BCUT2D eigenvalue weighted by Crippen LogP contribution is 2.39. The van der Waals surface area contributed by atoms with Gasteiger partial charge in [-0.2, -0.15) is 0 Å². The lowest BCUT2D eigenvalue weighted by atomic mass is 10.1. The van der Waals surface area contributed by atoms with Crippen LogP contribution in [0.3, 0.4) is 0 Å². The number of rotatable bonds is 11. The summed E-state index contributed by atoms with van der Waals surface area (Å²) in [6.45, 7) is 1.70. The highest BCUT2D eigenvalue weighted by atomic mass is 32.1. The smallest absolute Gasteiger partial charge is 0.337 e. The first-order chi connectivity index (χ1) is 23.7. The van der Waals surface area contributed by atoms with Gasteiger partial charge >= 0.3 is 5.69 Å². The minimum Gasteiger partial charge on any atom is -0.486 e. The molecular formula is C34H35F2N5O7S. The molecule has 0 saturated carbocycles. The van der Waals surface area contributed by atoms with Gasteiger partial charge in [-0.1, -0.05) is 18.2 Å². The lowest BCUT2D eigenvalue weighted by molar-refractivity contribution is -0.116. The van der Waals surface area contributed by atoms with Crippen molar-refractivity contribution in [2.75, 3.05) is 52.9 Å². The highest BCUT2D eigenvalue weighted by molar-refractivity contribution is 7.22. The number of nitrogens with zero attached hydrogens (tertiary/aromatic N) is 3. The highest BCUT2D eigenvalue weighted by Gasteiger charge is 2.26. The fourth-order valence-corrected chi connectivity index (χ4v) is 6.72. The molecule has 0 aliphatic carbocycles. The lowest BCUT2D eigenvalue weighted by Crippen LogP contribution is -2.39. The maximum atomic E-state index is 15.0. The third-order valence-electron chi connectivity index (χ3n) is 7.83. The Morgan fingerprint density at radius 2 is 1.69 bits per heavy atom. The Balaban J connectivity index is 0.00000111. The Bertz CT molecular complexity index is 2040. The van der Waals surface area contributed by atoms with Crippen molar-refractivity contribution in [1.82, 2.24) is 19.5 Å². The summed E-state index contributed by atoms with van der Waals surface area (Å²) >= 11 is 1.25. The molecule has 49 heavy (non-hydrogen) atoms. The molecule has 6 rings (SSSR count). The SMILES string of the molecule is CNc1ccc(-c2sc3c(c2CN(C)CCOC)c(=O)n(-c2ccc4c(c2)OCCO4)c(=O)n3Cc2c(F)cccc2F)cc1.O=CNO. The van der Waals surface area contributed by atoms with Crippen molar-refractivity contribution >= 4 is 33.7 Å². The zero-order valence-electron chi connectivity index (χ0n) is 27.0. The molecule has 1 aliphatic rings. The quantitative estimate of drug-likeness (QED) is 0.105. The number of halogens is 2. The number of methoxy groups -OCH3 is 1. The molecule has 12 nitrogen and oxygen atoms in total. The molecule has 1 aliphatic heterocycles. The van der Waals surface area contributed by atoms with Crippen LogP contribution in [-0.4, -0.2) is 73.2 Å². The number of hydrogen-bond acceptors (Lipinski definition) is 10. The number of likely N-dealkylation sites (N-methyl/N-ethyl adjacent to an activating group) is 1. The van der Waals surface area contributed by atoms with Crippen LogP contribution in [0.25, 0.3) is 26.3 Å². The monoisotopic (exact) mass is 695 g/mol. The summed E-state index contributed by atoms with van der Waals surface area (Å²) in [6.07, 6.45) is 0.181. The number of hydrogen-bond donors (Lipinski definition) is 3. The molecule has 0 fully saturated rings. The first kappa shape index (κ1) is 35.2. The predicted molar refractivity (Wildman–Crippen MR) is 182 cm³/mol. The molecule has 15 heteroatoms. The second-order valence-electron chi connectivity index (χ2n) is 10.9. The summed E-state index contributed by atoms with van der Waals surface area (Å²) in [5.74, 6) is -0.680. The van der Waals surface area contributed by atoms with Gasteiger partial charge in [0, 0.05) is 49.4 Å². The van der Waals surface area contributed by atoms with E-state index in [0.29, 0.717) is 60.2 Å². The first-order valence-electron chi connectivity index (χ1n) is 15.1. The first-order valence-corrected chi connectivity index (χ1v) is 16.0. The number of hydroxylamine groups is 1. The Hall–Kier alpha value is -5.09. The molecule has 0 bridgehead atoms. The molecule has 258 valence electrons. The largest absolute Gasteiger partial charge is 0.486 e. The number of thiophene rings is 1. The van der Waals surface area contributed by atoms with E-state index in [-0.39, 0.29) is 17.7 Å². The summed E-state index contributed by atoms with van der Waals surface area (Å²) in [5, 5.41) is 10.7. The fraction of sp³-hybridized carbons (Fsp3) is 0.265. The zero-order valence-corrected chi connectivity index (χ0v) is 27.8. The molecule has 0 unspecified atom stereocenters. The van der Waals surface area contributed by atoms with E-state index in [1.807, 2.05) is 43.3 Å². The average Bonchev–Trinajstić information content (AvgIpc) is 3.49. The Morgan fingerprint density at radius 3 is 2.33 bits per heavy atom. The van der Waals surface area contributed by atoms with Crippen molar-refractivity contribution in [3.05, 3.63) is 104 Å². The Kier molecular flexibility index (Phi) is 11.4. The van der Waals surface area contributed by atoms with Crippen molar-refractivity contribution in [3.8, 4) is 27.6 Å². The third kappa shape index (κ3) is 7.49. The van der Waals surface area contributed by atoms with Gasteiger partial charge in [-0.15, -0.1) is 11.3 Å². The van der Waals surface area contributed by atoms with E-state index in [1.165, 1.54) is 27.5 Å². The number of fused-ring (bicyclic) bond motifs is 2. The minimum absolute atomic E-state index is 0.181. The van der Waals surface area contributed by atoms with E-state index in [2.05, 4.69) is 5.32 Å². The van der Waals surface area contributed by atoms with E-state index in [0.717, 1.165) is 32.8 Å². The molecular weight excluding hydrogens is 660 g/mol. The van der Waals surface area contributed by atoms with Gasteiger partial charge in [0.1, 0.15) is 29.7 Å². The minimum atomic E-state index is -0.786. The molecule has 0 spiro atoms. The van der Waals surface area contributed by atoms with E-state index in [1.54, 1.807) is 25.3 Å². The summed E-state index contributed by atoms with van der Waals surface area (Å²) in [7, 11) is 5.36. The number of ether oxygens (including phenoxy) is 3. The molecule has 3 aromatic carbocycles. The number of carbonyl (C=O) groups is 1. The van der Waals surface area contributed by atoms with Crippen LogP contribution in [0.15, 0.2) is 70.3 Å². The summed E-state index contributed by atoms with van der Waals surface area (Å²) < 4.78 is 49.0. The van der Waals surface area contributed by atoms with Crippen LogP contribution in [0.2, 0.25) is 0 Å². The van der Waals surface area contributed by atoms with Crippen LogP contribution in [0.1, 0.15) is 11.1 Å². The molecule has 5 aromatic rings. The van der Waals surface area contributed by atoms with Crippen LogP contribution in [-0.2, 0) is 22.6 Å². The van der Waals surface area contributed by atoms with Crippen molar-refractivity contribution in [3.63, 3.8) is 0 Å². The van der Waals surface area contributed by atoms with E-state index in [9.17, 15) is 18.4 Å². The third-order valence-corrected chi connectivity index (χ3v) is 9.13. The Morgan fingerprint density at radius 1 is 1.02 bits per heavy atom. The van der Waals surface area contributed by atoms with Crippen LogP contribution >= 0.6 is 11.3 Å². The summed E-state index contributed by atoms with van der Waals surface area (Å²) in [4.78, 5) is 40.7. The fourth-order valence-electron chi connectivity index (χ4n) is 5.42. The van der Waals surface area contributed by atoms with Crippen molar-refractivity contribution in [1.29, 1.82) is 0 Å². The van der Waals surface area contributed by atoms with Gasteiger partial charge in [-0.25, -0.2) is 23.6 Å². The molecule has 2 aromatic heterocycles. The number of benzene rings is 3. The van der Waals surface area contributed by atoms with Crippen LogP contribution in [0, 0.1) is 11.6 Å². The van der Waals surface area contributed by atoms with Gasteiger partial charge in [-0.3, -0.25) is 24.3 Å². The second kappa shape index (κ2) is 15.9. The number of amides is 1. The average molecular weight is 696 g/mol. The van der Waals surface area contributed by atoms with Crippen LogP contribution < -0.4 is 31.5 Å². The molecule has 0 radical (unpaired) electrons.